The predicted octanol–water partition coefficient (Wildman–Crippen LogP) is 2.45. The Kier molecular flexibility index (Phi) is 4.41. The zero-order valence-electron chi connectivity index (χ0n) is 7.87. The van der Waals surface area contributed by atoms with Crippen LogP contribution in [-0.4, -0.2) is 23.0 Å². The van der Waals surface area contributed by atoms with E-state index in [1.807, 2.05) is 0 Å². The molecule has 1 heterocycles. The number of alkyl halides is 3. The van der Waals surface area contributed by atoms with Gasteiger partial charge in [0.05, 0.1) is 5.03 Å². The van der Waals surface area contributed by atoms with Gasteiger partial charge in [0, 0.05) is 6.20 Å². The third kappa shape index (κ3) is 4.09. The summed E-state index contributed by atoms with van der Waals surface area (Å²) in [4.78, 5) is 3.84. The highest BCUT2D eigenvalue weighted by Crippen LogP contribution is 2.35. The molecule has 1 rings (SSSR count). The van der Waals surface area contributed by atoms with E-state index < -0.39 is 11.4 Å². The van der Waals surface area contributed by atoms with Gasteiger partial charge in [0.2, 0.25) is 0 Å². The van der Waals surface area contributed by atoms with Crippen molar-refractivity contribution in [1.29, 1.82) is 0 Å². The second-order valence-electron chi connectivity index (χ2n) is 2.89. The van der Waals surface area contributed by atoms with Gasteiger partial charge in [0.1, 0.15) is 5.25 Å². The quantitative estimate of drug-likeness (QED) is 0.816. The minimum absolute atomic E-state index is 0.0179. The van der Waals surface area contributed by atoms with Crippen molar-refractivity contribution < 1.29 is 13.2 Å². The Labute approximate surface area is 90.1 Å². The van der Waals surface area contributed by atoms with E-state index in [-0.39, 0.29) is 13.0 Å². The first-order chi connectivity index (χ1) is 7.04. The molecule has 0 radical (unpaired) electrons. The molecule has 1 unspecified atom stereocenters. The number of aromatic nitrogens is 1. The Bertz CT molecular complexity index is 289. The van der Waals surface area contributed by atoms with Crippen molar-refractivity contribution in [1.82, 2.24) is 4.98 Å². The van der Waals surface area contributed by atoms with Crippen molar-refractivity contribution in [2.24, 2.45) is 5.73 Å². The maximum Gasteiger partial charge on any atom is 0.401 e. The highest BCUT2D eigenvalue weighted by molar-refractivity contribution is 7.99. The fourth-order valence-corrected chi connectivity index (χ4v) is 1.96. The molecule has 0 saturated carbocycles. The van der Waals surface area contributed by atoms with Gasteiger partial charge in [-0.2, -0.15) is 13.2 Å². The van der Waals surface area contributed by atoms with Gasteiger partial charge in [0.15, 0.2) is 0 Å². The molecule has 2 nitrogen and oxygen atoms in total. The average molecular weight is 236 g/mol. The monoisotopic (exact) mass is 236 g/mol. The van der Waals surface area contributed by atoms with Gasteiger partial charge in [0.25, 0.3) is 0 Å². The molecule has 0 amide bonds. The smallest absolute Gasteiger partial charge is 0.330 e. The van der Waals surface area contributed by atoms with Gasteiger partial charge in [-0.25, -0.2) is 4.98 Å². The van der Waals surface area contributed by atoms with E-state index in [2.05, 4.69) is 4.98 Å². The zero-order valence-corrected chi connectivity index (χ0v) is 8.68. The SMILES string of the molecule is NCCC(Sc1ccccn1)C(F)(F)F. The van der Waals surface area contributed by atoms with E-state index in [1.165, 1.54) is 6.20 Å². The molecule has 0 saturated heterocycles. The number of pyridine rings is 1. The topological polar surface area (TPSA) is 38.9 Å². The van der Waals surface area contributed by atoms with E-state index in [0.717, 1.165) is 0 Å². The second-order valence-corrected chi connectivity index (χ2v) is 4.12. The summed E-state index contributed by atoms with van der Waals surface area (Å²) < 4.78 is 37.5. The van der Waals surface area contributed by atoms with Crippen LogP contribution in [0, 0.1) is 0 Å². The average Bonchev–Trinajstić information content (AvgIpc) is 2.17. The normalized spacial score (nSPS) is 13.9. The minimum Gasteiger partial charge on any atom is -0.330 e. The van der Waals surface area contributed by atoms with Crippen molar-refractivity contribution in [3.63, 3.8) is 0 Å². The van der Waals surface area contributed by atoms with Crippen LogP contribution < -0.4 is 5.73 Å². The van der Waals surface area contributed by atoms with Crippen LogP contribution >= 0.6 is 11.8 Å². The summed E-state index contributed by atoms with van der Waals surface area (Å²) >= 11 is 0.704. The van der Waals surface area contributed by atoms with Crippen molar-refractivity contribution in [2.75, 3.05) is 6.54 Å². The Morgan fingerprint density at radius 2 is 2.13 bits per heavy atom. The third-order valence-electron chi connectivity index (χ3n) is 1.69. The lowest BCUT2D eigenvalue weighted by Gasteiger charge is -2.18. The van der Waals surface area contributed by atoms with Gasteiger partial charge in [-0.1, -0.05) is 17.8 Å². The van der Waals surface area contributed by atoms with Crippen molar-refractivity contribution in [3.8, 4) is 0 Å². The summed E-state index contributed by atoms with van der Waals surface area (Å²) in [6.45, 7) is 0.0179. The first kappa shape index (κ1) is 12.3. The second kappa shape index (κ2) is 5.37. The minimum atomic E-state index is -4.23. The number of rotatable bonds is 4. The number of halogens is 3. The molecule has 1 aromatic heterocycles. The Balaban J connectivity index is 2.67. The first-order valence-electron chi connectivity index (χ1n) is 4.38. The number of hydrogen-bond donors (Lipinski definition) is 1. The van der Waals surface area contributed by atoms with Gasteiger partial charge in [-0.3, -0.25) is 0 Å². The lowest BCUT2D eigenvalue weighted by Crippen LogP contribution is -2.28. The van der Waals surface area contributed by atoms with Crippen molar-refractivity contribution in [3.05, 3.63) is 24.4 Å². The highest BCUT2D eigenvalue weighted by Gasteiger charge is 2.39. The molecule has 0 aromatic carbocycles. The fourth-order valence-electron chi connectivity index (χ4n) is 1.00. The van der Waals surface area contributed by atoms with Crippen LogP contribution in [0.3, 0.4) is 0 Å². The van der Waals surface area contributed by atoms with Crippen molar-refractivity contribution >= 4 is 11.8 Å². The number of nitrogens with zero attached hydrogens (tertiary/aromatic N) is 1. The number of thioether (sulfide) groups is 1. The van der Waals surface area contributed by atoms with Gasteiger partial charge < -0.3 is 5.73 Å². The number of hydrogen-bond acceptors (Lipinski definition) is 3. The molecule has 0 aliphatic heterocycles. The molecule has 1 atom stereocenters. The fraction of sp³-hybridized carbons (Fsp3) is 0.444. The number of nitrogens with two attached hydrogens (primary N) is 1. The molecule has 84 valence electrons. The van der Waals surface area contributed by atoms with Crippen LogP contribution in [-0.2, 0) is 0 Å². The molecule has 0 aliphatic carbocycles. The summed E-state index contributed by atoms with van der Waals surface area (Å²) in [5.74, 6) is 0. The molecule has 6 heteroatoms. The van der Waals surface area contributed by atoms with Crippen LogP contribution in [0.2, 0.25) is 0 Å². The molecule has 1 aromatic rings. The summed E-state index contributed by atoms with van der Waals surface area (Å²) in [6.07, 6.45) is -2.86. The molecule has 2 N–H and O–H groups in total. The van der Waals surface area contributed by atoms with Crippen molar-refractivity contribution in [2.45, 2.75) is 22.9 Å². The van der Waals surface area contributed by atoms with Gasteiger partial charge >= 0.3 is 6.18 Å². The molecular formula is C9H11F3N2S. The molecule has 0 spiro atoms. The van der Waals surface area contributed by atoms with E-state index in [0.29, 0.717) is 16.8 Å². The molecule has 0 bridgehead atoms. The van der Waals surface area contributed by atoms with Crippen LogP contribution in [0.15, 0.2) is 29.4 Å². The maximum absolute atomic E-state index is 12.5. The van der Waals surface area contributed by atoms with E-state index in [9.17, 15) is 13.2 Å². The van der Waals surface area contributed by atoms with Gasteiger partial charge in [-0.05, 0) is 25.1 Å². The molecule has 0 aliphatic rings. The lowest BCUT2D eigenvalue weighted by molar-refractivity contribution is -0.129. The van der Waals surface area contributed by atoms with E-state index >= 15 is 0 Å². The van der Waals surface area contributed by atoms with Crippen LogP contribution in [0.5, 0.6) is 0 Å². The lowest BCUT2D eigenvalue weighted by atomic mass is 10.3. The molecule has 15 heavy (non-hydrogen) atoms. The van der Waals surface area contributed by atoms with E-state index in [4.69, 9.17) is 5.73 Å². The summed E-state index contributed by atoms with van der Waals surface area (Å²) in [6, 6.07) is 4.88. The zero-order chi connectivity index (χ0) is 11.3. The summed E-state index contributed by atoms with van der Waals surface area (Å²) in [5.41, 5.74) is 5.15. The van der Waals surface area contributed by atoms with Gasteiger partial charge in [-0.15, -0.1) is 0 Å². The van der Waals surface area contributed by atoms with E-state index in [1.54, 1.807) is 18.2 Å². The Hall–Kier alpha value is -0.750. The molecule has 0 fully saturated rings. The first-order valence-corrected chi connectivity index (χ1v) is 5.26. The summed E-state index contributed by atoms with van der Waals surface area (Å²) in [5, 5.41) is -1.11. The largest absolute Gasteiger partial charge is 0.401 e. The standard InChI is InChI=1S/C9H11F3N2S/c10-9(11,12)7(4-5-13)15-8-3-1-2-6-14-8/h1-3,6-7H,4-5,13H2. The Morgan fingerprint density at radius 3 is 2.60 bits per heavy atom. The summed E-state index contributed by atoms with van der Waals surface area (Å²) in [7, 11) is 0. The maximum atomic E-state index is 12.5. The Morgan fingerprint density at radius 1 is 1.40 bits per heavy atom. The highest BCUT2D eigenvalue weighted by atomic mass is 32.2. The molecular weight excluding hydrogens is 225 g/mol. The van der Waals surface area contributed by atoms with Crippen LogP contribution in [0.25, 0.3) is 0 Å². The van der Waals surface area contributed by atoms with Crippen LogP contribution in [0.1, 0.15) is 6.42 Å². The van der Waals surface area contributed by atoms with Crippen LogP contribution in [0.4, 0.5) is 13.2 Å². The predicted molar refractivity (Wildman–Crippen MR) is 53.6 cm³/mol. The third-order valence-corrected chi connectivity index (χ3v) is 2.97.